The first kappa shape index (κ1) is 16.0. The third-order valence-corrected chi connectivity index (χ3v) is 4.54. The van der Waals surface area contributed by atoms with Crippen molar-refractivity contribution < 1.29 is 9.53 Å². The first-order valence-electron chi connectivity index (χ1n) is 7.95. The van der Waals surface area contributed by atoms with Crippen LogP contribution in [0, 0.1) is 0 Å². The molecule has 128 valence electrons. The van der Waals surface area contributed by atoms with Crippen molar-refractivity contribution in [2.45, 2.75) is 0 Å². The highest BCUT2D eigenvalue weighted by atomic mass is 79.9. The molecule has 3 aromatic rings. The molecule has 1 amide bonds. The molecular formula is C17H16BrN5O2. The maximum atomic E-state index is 12.5. The highest BCUT2D eigenvalue weighted by molar-refractivity contribution is 9.10. The predicted octanol–water partition coefficient (Wildman–Crippen LogP) is 2.58. The number of anilines is 2. The van der Waals surface area contributed by atoms with Gasteiger partial charge in [0.15, 0.2) is 0 Å². The van der Waals surface area contributed by atoms with Crippen LogP contribution < -0.4 is 10.2 Å². The normalized spacial score (nSPS) is 14.7. The second-order valence-electron chi connectivity index (χ2n) is 5.67. The minimum absolute atomic E-state index is 0.197. The van der Waals surface area contributed by atoms with E-state index in [4.69, 9.17) is 4.74 Å². The predicted molar refractivity (Wildman–Crippen MR) is 98.1 cm³/mol. The van der Waals surface area contributed by atoms with E-state index in [-0.39, 0.29) is 5.91 Å². The van der Waals surface area contributed by atoms with Crippen LogP contribution >= 0.6 is 15.9 Å². The number of amides is 1. The van der Waals surface area contributed by atoms with Gasteiger partial charge in [0, 0.05) is 29.2 Å². The second-order valence-corrected chi connectivity index (χ2v) is 6.59. The third kappa shape index (κ3) is 3.35. The van der Waals surface area contributed by atoms with Crippen LogP contribution in [0.3, 0.4) is 0 Å². The van der Waals surface area contributed by atoms with Gasteiger partial charge in [-0.3, -0.25) is 4.79 Å². The fraction of sp³-hybridized carbons (Fsp3) is 0.235. The van der Waals surface area contributed by atoms with Crippen LogP contribution in [0.1, 0.15) is 10.4 Å². The van der Waals surface area contributed by atoms with Crippen LogP contribution in [0.25, 0.3) is 5.52 Å². The Hall–Kier alpha value is -2.45. The molecule has 0 saturated carbocycles. The standard InChI is InChI=1S/C17H16BrN5O2/c18-13-3-1-12(2-4-13)16(24)20-15-11-14-5-6-19-23(14)17(21-15)22-7-9-25-10-8-22/h1-6,11H,7-10H2,(H,20,24). The lowest BCUT2D eigenvalue weighted by atomic mass is 10.2. The Balaban J connectivity index is 1.65. The highest BCUT2D eigenvalue weighted by Gasteiger charge is 2.18. The number of halogens is 1. The summed E-state index contributed by atoms with van der Waals surface area (Å²) >= 11 is 3.37. The average Bonchev–Trinajstić information content (AvgIpc) is 3.11. The Bertz CT molecular complexity index is 903. The summed E-state index contributed by atoms with van der Waals surface area (Å²) in [5, 5.41) is 7.21. The number of fused-ring (bicyclic) bond motifs is 1. The molecule has 8 heteroatoms. The number of ether oxygens (including phenoxy) is 1. The van der Waals surface area contributed by atoms with E-state index in [0.29, 0.717) is 30.5 Å². The summed E-state index contributed by atoms with van der Waals surface area (Å²) in [6.45, 7) is 2.79. The van der Waals surface area contributed by atoms with Gasteiger partial charge in [-0.1, -0.05) is 15.9 Å². The molecule has 0 spiro atoms. The van der Waals surface area contributed by atoms with Gasteiger partial charge in [-0.2, -0.15) is 10.1 Å². The topological polar surface area (TPSA) is 71.8 Å². The van der Waals surface area contributed by atoms with E-state index in [1.165, 1.54) is 0 Å². The van der Waals surface area contributed by atoms with Crippen molar-refractivity contribution in [2.24, 2.45) is 0 Å². The molecule has 1 aromatic carbocycles. The van der Waals surface area contributed by atoms with Gasteiger partial charge in [0.05, 0.1) is 24.9 Å². The van der Waals surface area contributed by atoms with Crippen molar-refractivity contribution in [1.82, 2.24) is 14.6 Å². The SMILES string of the molecule is O=C(Nc1cc2ccnn2c(N2CCOCC2)n1)c1ccc(Br)cc1. The maximum Gasteiger partial charge on any atom is 0.256 e. The molecular weight excluding hydrogens is 386 g/mol. The zero-order valence-electron chi connectivity index (χ0n) is 13.4. The fourth-order valence-corrected chi connectivity index (χ4v) is 3.00. The molecule has 25 heavy (non-hydrogen) atoms. The Morgan fingerprint density at radius 3 is 2.68 bits per heavy atom. The molecule has 7 nitrogen and oxygen atoms in total. The number of hydrogen-bond donors (Lipinski definition) is 1. The molecule has 0 aliphatic carbocycles. The van der Waals surface area contributed by atoms with Gasteiger partial charge in [-0.25, -0.2) is 4.52 Å². The average molecular weight is 402 g/mol. The molecule has 2 aromatic heterocycles. The minimum atomic E-state index is -0.197. The van der Waals surface area contributed by atoms with E-state index >= 15 is 0 Å². The van der Waals surface area contributed by atoms with Gasteiger partial charge in [0.25, 0.3) is 5.91 Å². The van der Waals surface area contributed by atoms with Crippen LogP contribution in [-0.2, 0) is 4.74 Å². The number of carbonyl (C=O) groups is 1. The molecule has 0 radical (unpaired) electrons. The van der Waals surface area contributed by atoms with E-state index in [0.717, 1.165) is 23.1 Å². The Labute approximate surface area is 152 Å². The number of morpholine rings is 1. The summed E-state index contributed by atoms with van der Waals surface area (Å²) in [5.41, 5.74) is 1.45. The van der Waals surface area contributed by atoms with Crippen molar-refractivity contribution in [3.05, 3.63) is 52.6 Å². The smallest absolute Gasteiger partial charge is 0.256 e. The van der Waals surface area contributed by atoms with E-state index < -0.39 is 0 Å². The summed E-state index contributed by atoms with van der Waals surface area (Å²) < 4.78 is 8.11. The lowest BCUT2D eigenvalue weighted by Gasteiger charge is -2.28. The Morgan fingerprint density at radius 1 is 1.16 bits per heavy atom. The molecule has 1 aliphatic rings. The van der Waals surface area contributed by atoms with Gasteiger partial charge in [0.1, 0.15) is 5.82 Å². The molecule has 3 heterocycles. The lowest BCUT2D eigenvalue weighted by molar-refractivity contribution is 0.102. The Kier molecular flexibility index (Phi) is 4.37. The van der Waals surface area contributed by atoms with Crippen molar-refractivity contribution in [3.8, 4) is 0 Å². The number of hydrogen-bond acceptors (Lipinski definition) is 5. The summed E-state index contributed by atoms with van der Waals surface area (Å²) in [6.07, 6.45) is 1.72. The number of aromatic nitrogens is 3. The number of benzene rings is 1. The van der Waals surface area contributed by atoms with Crippen LogP contribution in [0.2, 0.25) is 0 Å². The van der Waals surface area contributed by atoms with Crippen LogP contribution in [0.15, 0.2) is 47.1 Å². The molecule has 1 aliphatic heterocycles. The highest BCUT2D eigenvalue weighted by Crippen LogP contribution is 2.20. The summed E-state index contributed by atoms with van der Waals surface area (Å²) in [4.78, 5) is 19.2. The van der Waals surface area contributed by atoms with Crippen molar-refractivity contribution in [3.63, 3.8) is 0 Å². The molecule has 1 fully saturated rings. The molecule has 0 atom stereocenters. The maximum absolute atomic E-state index is 12.5. The van der Waals surface area contributed by atoms with Gasteiger partial charge >= 0.3 is 0 Å². The number of carbonyl (C=O) groups excluding carboxylic acids is 1. The zero-order chi connectivity index (χ0) is 17.2. The van der Waals surface area contributed by atoms with E-state index in [9.17, 15) is 4.79 Å². The molecule has 4 rings (SSSR count). The van der Waals surface area contributed by atoms with Gasteiger partial charge in [0.2, 0.25) is 5.95 Å². The van der Waals surface area contributed by atoms with Crippen LogP contribution in [0.4, 0.5) is 11.8 Å². The molecule has 0 unspecified atom stereocenters. The van der Waals surface area contributed by atoms with Crippen molar-refractivity contribution in [2.75, 3.05) is 36.5 Å². The number of nitrogens with zero attached hydrogens (tertiary/aromatic N) is 4. The molecule has 1 saturated heterocycles. The number of rotatable bonds is 3. The van der Waals surface area contributed by atoms with Gasteiger partial charge in [-0.15, -0.1) is 0 Å². The monoisotopic (exact) mass is 401 g/mol. The number of nitrogens with one attached hydrogen (secondary N) is 1. The minimum Gasteiger partial charge on any atom is -0.378 e. The molecule has 1 N–H and O–H groups in total. The fourth-order valence-electron chi connectivity index (χ4n) is 2.74. The van der Waals surface area contributed by atoms with E-state index in [2.05, 4.69) is 36.2 Å². The largest absolute Gasteiger partial charge is 0.378 e. The first-order valence-corrected chi connectivity index (χ1v) is 8.74. The van der Waals surface area contributed by atoms with Crippen molar-refractivity contribution in [1.29, 1.82) is 0 Å². The second kappa shape index (κ2) is 6.81. The Morgan fingerprint density at radius 2 is 1.92 bits per heavy atom. The quantitative estimate of drug-likeness (QED) is 0.729. The third-order valence-electron chi connectivity index (χ3n) is 4.01. The molecule has 0 bridgehead atoms. The van der Waals surface area contributed by atoms with Gasteiger partial charge < -0.3 is 15.0 Å². The van der Waals surface area contributed by atoms with E-state index in [1.807, 2.05) is 24.3 Å². The zero-order valence-corrected chi connectivity index (χ0v) is 14.9. The van der Waals surface area contributed by atoms with Gasteiger partial charge in [-0.05, 0) is 30.3 Å². The summed E-state index contributed by atoms with van der Waals surface area (Å²) in [7, 11) is 0. The lowest BCUT2D eigenvalue weighted by Crippen LogP contribution is -2.38. The summed E-state index contributed by atoms with van der Waals surface area (Å²) in [6, 6.07) is 10.9. The summed E-state index contributed by atoms with van der Waals surface area (Å²) in [5.74, 6) is 1.01. The van der Waals surface area contributed by atoms with Crippen LogP contribution in [-0.4, -0.2) is 46.8 Å². The van der Waals surface area contributed by atoms with E-state index in [1.54, 1.807) is 22.8 Å². The first-order chi connectivity index (χ1) is 12.2. The van der Waals surface area contributed by atoms with Crippen molar-refractivity contribution >= 4 is 39.1 Å². The van der Waals surface area contributed by atoms with Crippen LogP contribution in [0.5, 0.6) is 0 Å².